The molecule has 0 spiro atoms. The third kappa shape index (κ3) is 7.47. The van der Waals surface area contributed by atoms with Gasteiger partial charge in [0.25, 0.3) is 11.8 Å². The number of carbonyl (C=O) groups is 3. The van der Waals surface area contributed by atoms with Crippen molar-refractivity contribution in [2.45, 2.75) is 0 Å². The van der Waals surface area contributed by atoms with Crippen LogP contribution in [0.3, 0.4) is 0 Å². The lowest BCUT2D eigenvalue weighted by atomic mass is 10.1. The monoisotopic (exact) mass is 645 g/mol. The number of nitriles is 1. The second-order valence-electron chi connectivity index (χ2n) is 7.54. The van der Waals surface area contributed by atoms with Crippen molar-refractivity contribution in [3.05, 3.63) is 86.0 Å². The Morgan fingerprint density at radius 1 is 1.05 bits per heavy atom. The van der Waals surface area contributed by atoms with Crippen LogP contribution in [-0.2, 0) is 14.3 Å². The number of hydrogen-bond donors (Lipinski definition) is 2. The fourth-order valence-corrected chi connectivity index (χ4v) is 4.14. The van der Waals surface area contributed by atoms with Crippen LogP contribution in [0.15, 0.2) is 66.2 Å². The maximum absolute atomic E-state index is 12.7. The molecule has 9 nitrogen and oxygen atoms in total. The standard InChI is InChI=1S/C27H21ClIN3O6/c1-36-23-13-16(11-18(14-30)26(34)31-19-9-7-17(8-10-19)27(35)37-2)12-21(29)25(23)38-15-24(33)32-22-6-4-3-5-20(22)28/h3-13H,15H2,1-2H3,(H,31,34)(H,32,33)/b18-11-. The number of halogens is 2. The Labute approximate surface area is 237 Å². The number of benzene rings is 3. The number of ether oxygens (including phenoxy) is 3. The van der Waals surface area contributed by atoms with E-state index >= 15 is 0 Å². The number of esters is 1. The molecular weight excluding hydrogens is 625 g/mol. The molecule has 2 amide bonds. The van der Waals surface area contributed by atoms with Gasteiger partial charge >= 0.3 is 5.97 Å². The highest BCUT2D eigenvalue weighted by Gasteiger charge is 2.16. The first kappa shape index (κ1) is 28.5. The molecule has 0 bridgehead atoms. The van der Waals surface area contributed by atoms with Crippen molar-refractivity contribution in [2.75, 3.05) is 31.5 Å². The molecule has 3 rings (SSSR count). The molecule has 0 heterocycles. The Morgan fingerprint density at radius 3 is 2.39 bits per heavy atom. The van der Waals surface area contributed by atoms with Crippen molar-refractivity contribution in [1.82, 2.24) is 0 Å². The summed E-state index contributed by atoms with van der Waals surface area (Å²) < 4.78 is 16.3. The number of carbonyl (C=O) groups excluding carboxylic acids is 3. The Bertz CT molecular complexity index is 1430. The average molecular weight is 646 g/mol. The predicted molar refractivity (Wildman–Crippen MR) is 151 cm³/mol. The third-order valence-electron chi connectivity index (χ3n) is 4.99. The molecule has 0 fully saturated rings. The largest absolute Gasteiger partial charge is 0.493 e. The van der Waals surface area contributed by atoms with Crippen LogP contribution < -0.4 is 20.1 Å². The highest BCUT2D eigenvalue weighted by atomic mass is 127. The molecule has 0 radical (unpaired) electrons. The van der Waals surface area contributed by atoms with Gasteiger partial charge in [0.1, 0.15) is 11.6 Å². The first-order chi connectivity index (χ1) is 18.2. The molecule has 0 aromatic heterocycles. The second kappa shape index (κ2) is 13.5. The highest BCUT2D eigenvalue weighted by molar-refractivity contribution is 14.1. The highest BCUT2D eigenvalue weighted by Crippen LogP contribution is 2.35. The fraction of sp³-hybridized carbons (Fsp3) is 0.111. The summed E-state index contributed by atoms with van der Waals surface area (Å²) in [6, 6.07) is 18.0. The van der Waals surface area contributed by atoms with Gasteiger partial charge in [-0.1, -0.05) is 23.7 Å². The van der Waals surface area contributed by atoms with Gasteiger partial charge in [-0.25, -0.2) is 4.79 Å². The van der Waals surface area contributed by atoms with Crippen LogP contribution >= 0.6 is 34.2 Å². The molecule has 0 aliphatic heterocycles. The van der Waals surface area contributed by atoms with E-state index in [9.17, 15) is 19.6 Å². The number of hydrogen-bond acceptors (Lipinski definition) is 7. The van der Waals surface area contributed by atoms with E-state index < -0.39 is 17.8 Å². The van der Waals surface area contributed by atoms with Gasteiger partial charge in [-0.05, 0) is 82.8 Å². The van der Waals surface area contributed by atoms with Crippen LogP contribution in [0.2, 0.25) is 5.02 Å². The van der Waals surface area contributed by atoms with Crippen molar-refractivity contribution in [3.8, 4) is 17.6 Å². The lowest BCUT2D eigenvalue weighted by Gasteiger charge is -2.14. The van der Waals surface area contributed by atoms with E-state index in [1.165, 1.54) is 44.6 Å². The number of nitrogens with zero attached hydrogens (tertiary/aromatic N) is 1. The Balaban J connectivity index is 1.72. The molecule has 3 aromatic rings. The lowest BCUT2D eigenvalue weighted by Crippen LogP contribution is -2.20. The van der Waals surface area contributed by atoms with Gasteiger partial charge in [0.05, 0.1) is 34.1 Å². The zero-order valence-electron chi connectivity index (χ0n) is 20.2. The van der Waals surface area contributed by atoms with Crippen LogP contribution in [0.4, 0.5) is 11.4 Å². The summed E-state index contributed by atoms with van der Waals surface area (Å²) in [4.78, 5) is 36.6. The third-order valence-corrected chi connectivity index (χ3v) is 6.12. The molecule has 194 valence electrons. The maximum atomic E-state index is 12.7. The Hall–Kier alpha value is -4.08. The van der Waals surface area contributed by atoms with E-state index in [1.54, 1.807) is 36.4 Å². The molecule has 38 heavy (non-hydrogen) atoms. The van der Waals surface area contributed by atoms with Gasteiger partial charge in [0, 0.05) is 5.69 Å². The van der Waals surface area contributed by atoms with Crippen molar-refractivity contribution in [1.29, 1.82) is 5.26 Å². The maximum Gasteiger partial charge on any atom is 0.337 e. The minimum absolute atomic E-state index is 0.160. The van der Waals surface area contributed by atoms with Crippen LogP contribution in [0.5, 0.6) is 11.5 Å². The quantitative estimate of drug-likeness (QED) is 0.140. The summed E-state index contributed by atoms with van der Waals surface area (Å²) in [5.41, 5.74) is 1.54. The van der Waals surface area contributed by atoms with Gasteiger partial charge < -0.3 is 24.8 Å². The van der Waals surface area contributed by atoms with Crippen molar-refractivity contribution >= 4 is 69.4 Å². The predicted octanol–water partition coefficient (Wildman–Crippen LogP) is 5.30. The molecule has 0 unspecified atom stereocenters. The number of rotatable bonds is 9. The molecule has 3 aromatic carbocycles. The van der Waals surface area contributed by atoms with Gasteiger partial charge in [0.2, 0.25) is 0 Å². The summed E-state index contributed by atoms with van der Waals surface area (Å²) in [6.07, 6.45) is 1.40. The number of amides is 2. The van der Waals surface area contributed by atoms with Gasteiger partial charge in [-0.15, -0.1) is 0 Å². The second-order valence-corrected chi connectivity index (χ2v) is 9.11. The first-order valence-corrected chi connectivity index (χ1v) is 12.4. The molecule has 0 saturated carbocycles. The summed E-state index contributed by atoms with van der Waals surface area (Å²) in [5, 5.41) is 15.3. The van der Waals surface area contributed by atoms with Crippen LogP contribution in [0, 0.1) is 14.9 Å². The van der Waals surface area contributed by atoms with E-state index in [2.05, 4.69) is 15.4 Å². The minimum Gasteiger partial charge on any atom is -0.493 e. The van der Waals surface area contributed by atoms with E-state index in [0.717, 1.165) is 0 Å². The number of methoxy groups -OCH3 is 2. The average Bonchev–Trinajstić information content (AvgIpc) is 2.91. The first-order valence-electron chi connectivity index (χ1n) is 10.9. The van der Waals surface area contributed by atoms with E-state index in [-0.39, 0.29) is 12.2 Å². The fourth-order valence-electron chi connectivity index (χ4n) is 3.17. The summed E-state index contributed by atoms with van der Waals surface area (Å²) in [7, 11) is 2.71. The molecule has 0 atom stereocenters. The molecule has 0 aliphatic carbocycles. The van der Waals surface area contributed by atoms with E-state index in [1.807, 2.05) is 28.7 Å². The number of para-hydroxylation sites is 1. The summed E-state index contributed by atoms with van der Waals surface area (Å²) >= 11 is 8.08. The van der Waals surface area contributed by atoms with Gasteiger partial charge in [0.15, 0.2) is 18.1 Å². The van der Waals surface area contributed by atoms with Crippen LogP contribution in [-0.4, -0.2) is 38.6 Å². The van der Waals surface area contributed by atoms with Gasteiger partial charge in [-0.2, -0.15) is 5.26 Å². The molecule has 11 heteroatoms. The molecule has 0 aliphatic rings. The summed E-state index contributed by atoms with van der Waals surface area (Å²) in [5.74, 6) is -0.914. The van der Waals surface area contributed by atoms with E-state index in [0.29, 0.717) is 42.6 Å². The SMILES string of the molecule is COC(=O)c1ccc(NC(=O)/C(C#N)=C\c2cc(I)c(OCC(=O)Nc3ccccc3Cl)c(OC)c2)cc1. The Kier molecular flexibility index (Phi) is 10.1. The summed E-state index contributed by atoms with van der Waals surface area (Å²) in [6.45, 7) is -0.298. The van der Waals surface area contributed by atoms with Crippen molar-refractivity contribution in [3.63, 3.8) is 0 Å². The number of nitrogens with one attached hydrogen (secondary N) is 2. The number of anilines is 2. The van der Waals surface area contributed by atoms with Gasteiger partial charge in [-0.3, -0.25) is 9.59 Å². The lowest BCUT2D eigenvalue weighted by molar-refractivity contribution is -0.118. The normalized spacial score (nSPS) is 10.7. The van der Waals surface area contributed by atoms with Crippen molar-refractivity contribution in [2.24, 2.45) is 0 Å². The van der Waals surface area contributed by atoms with E-state index in [4.69, 9.17) is 21.1 Å². The zero-order valence-corrected chi connectivity index (χ0v) is 23.1. The minimum atomic E-state index is -0.635. The Morgan fingerprint density at radius 2 is 1.76 bits per heavy atom. The van der Waals surface area contributed by atoms with Crippen LogP contribution in [0.25, 0.3) is 6.08 Å². The van der Waals surface area contributed by atoms with Crippen LogP contribution in [0.1, 0.15) is 15.9 Å². The molecular formula is C27H21ClIN3O6. The van der Waals surface area contributed by atoms with Crippen molar-refractivity contribution < 1.29 is 28.6 Å². The zero-order chi connectivity index (χ0) is 27.7. The molecule has 0 saturated heterocycles. The molecule has 2 N–H and O–H groups in total. The topological polar surface area (TPSA) is 127 Å². The smallest absolute Gasteiger partial charge is 0.337 e.